The second kappa shape index (κ2) is 7.28. The molecule has 0 aromatic heterocycles. The van der Waals surface area contributed by atoms with Crippen LogP contribution in [0.1, 0.15) is 0 Å². The van der Waals surface area contributed by atoms with Crippen molar-refractivity contribution < 1.29 is 9.59 Å². The van der Waals surface area contributed by atoms with Gasteiger partial charge in [0.25, 0.3) is 0 Å². The van der Waals surface area contributed by atoms with Crippen LogP contribution in [0.5, 0.6) is 0 Å². The van der Waals surface area contributed by atoms with Gasteiger partial charge in [-0.1, -0.05) is 54.6 Å². The molecule has 0 bridgehead atoms. The first-order valence-electron chi connectivity index (χ1n) is 7.60. The van der Waals surface area contributed by atoms with Crippen molar-refractivity contribution in [2.24, 2.45) is 0 Å². The van der Waals surface area contributed by atoms with Gasteiger partial charge in [0, 0.05) is 16.8 Å². The Labute approximate surface area is 139 Å². The Kier molecular flexibility index (Phi) is 4.72. The average Bonchev–Trinajstić information content (AvgIpc) is 2.60. The maximum Gasteiger partial charge on any atom is 0.325 e. The van der Waals surface area contributed by atoms with E-state index in [1.807, 2.05) is 48.5 Å². The van der Waals surface area contributed by atoms with E-state index in [9.17, 15) is 9.59 Å². The molecule has 0 saturated heterocycles. The van der Waals surface area contributed by atoms with E-state index in [1.165, 1.54) is 0 Å². The second-order valence-electron chi connectivity index (χ2n) is 5.25. The highest BCUT2D eigenvalue weighted by Gasteiger charge is 2.08. The highest BCUT2D eigenvalue weighted by Crippen LogP contribution is 2.22. The predicted octanol–water partition coefficient (Wildman–Crippen LogP) is 3.60. The van der Waals surface area contributed by atoms with E-state index >= 15 is 0 Å². The number of fused-ring (bicyclic) bond motifs is 1. The number of imide groups is 1. The molecule has 0 aliphatic heterocycles. The highest BCUT2D eigenvalue weighted by molar-refractivity contribution is 6.03. The van der Waals surface area contributed by atoms with Gasteiger partial charge in [0.15, 0.2) is 0 Å². The largest absolute Gasteiger partial charge is 0.376 e. The first kappa shape index (κ1) is 15.6. The smallest absolute Gasteiger partial charge is 0.325 e. The molecule has 3 N–H and O–H groups in total. The second-order valence-corrected chi connectivity index (χ2v) is 5.25. The summed E-state index contributed by atoms with van der Waals surface area (Å²) in [5.74, 6) is -0.406. The maximum atomic E-state index is 11.9. The van der Waals surface area contributed by atoms with Crippen molar-refractivity contribution in [3.63, 3.8) is 0 Å². The van der Waals surface area contributed by atoms with Crippen molar-refractivity contribution in [2.45, 2.75) is 0 Å². The van der Waals surface area contributed by atoms with Gasteiger partial charge >= 0.3 is 6.03 Å². The van der Waals surface area contributed by atoms with Crippen molar-refractivity contribution in [2.75, 3.05) is 17.2 Å². The van der Waals surface area contributed by atoms with Gasteiger partial charge in [-0.15, -0.1) is 0 Å². The summed E-state index contributed by atoms with van der Waals surface area (Å²) in [5, 5.41) is 10.1. The zero-order chi connectivity index (χ0) is 16.8. The summed E-state index contributed by atoms with van der Waals surface area (Å²) in [6, 6.07) is 22.1. The van der Waals surface area contributed by atoms with E-state index < -0.39 is 11.9 Å². The van der Waals surface area contributed by atoms with E-state index in [2.05, 4.69) is 16.0 Å². The van der Waals surface area contributed by atoms with E-state index in [1.54, 1.807) is 24.3 Å². The Balaban J connectivity index is 1.56. The number of amides is 3. The Morgan fingerprint density at radius 2 is 1.50 bits per heavy atom. The van der Waals surface area contributed by atoms with Gasteiger partial charge in [-0.05, 0) is 23.6 Å². The number of carbonyl (C=O) groups excluding carboxylic acids is 2. The maximum absolute atomic E-state index is 11.9. The van der Waals surface area contributed by atoms with Crippen molar-refractivity contribution in [3.8, 4) is 0 Å². The molecule has 0 unspecified atom stereocenters. The van der Waals surface area contributed by atoms with E-state index in [0.29, 0.717) is 5.69 Å². The third-order valence-electron chi connectivity index (χ3n) is 3.51. The van der Waals surface area contributed by atoms with Crippen molar-refractivity contribution in [1.82, 2.24) is 5.32 Å². The van der Waals surface area contributed by atoms with Crippen molar-refractivity contribution >= 4 is 34.1 Å². The molecule has 24 heavy (non-hydrogen) atoms. The monoisotopic (exact) mass is 319 g/mol. The lowest BCUT2D eigenvalue weighted by Crippen LogP contribution is -2.37. The fourth-order valence-corrected chi connectivity index (χ4v) is 2.41. The van der Waals surface area contributed by atoms with Gasteiger partial charge in [-0.2, -0.15) is 0 Å². The SMILES string of the molecule is O=C(CNc1cccc2ccccc12)NC(=O)Nc1ccccc1. The summed E-state index contributed by atoms with van der Waals surface area (Å²) in [6.07, 6.45) is 0. The molecule has 5 heteroatoms. The molecule has 0 atom stereocenters. The lowest BCUT2D eigenvalue weighted by atomic mass is 10.1. The number of hydrogen-bond donors (Lipinski definition) is 3. The zero-order valence-corrected chi connectivity index (χ0v) is 13.0. The lowest BCUT2D eigenvalue weighted by molar-refractivity contribution is -0.118. The molecule has 3 aromatic rings. The number of rotatable bonds is 4. The summed E-state index contributed by atoms with van der Waals surface area (Å²) in [7, 11) is 0. The topological polar surface area (TPSA) is 70.2 Å². The minimum absolute atomic E-state index is 0.0101. The fraction of sp³-hybridized carbons (Fsp3) is 0.0526. The van der Waals surface area contributed by atoms with Crippen LogP contribution in [0, 0.1) is 0 Å². The molecule has 0 heterocycles. The molecule has 0 fully saturated rings. The number of nitrogens with one attached hydrogen (secondary N) is 3. The first-order chi connectivity index (χ1) is 11.7. The normalized spacial score (nSPS) is 10.2. The molecule has 5 nitrogen and oxygen atoms in total. The summed E-state index contributed by atoms with van der Waals surface area (Å²) in [4.78, 5) is 23.7. The first-order valence-corrected chi connectivity index (χ1v) is 7.60. The Bertz CT molecular complexity index is 857. The summed E-state index contributed by atoms with van der Waals surface area (Å²) in [6.45, 7) is 0.0101. The van der Waals surface area contributed by atoms with Crippen LogP contribution in [0.15, 0.2) is 72.8 Å². The van der Waals surface area contributed by atoms with Gasteiger partial charge < -0.3 is 10.6 Å². The average molecular weight is 319 g/mol. The van der Waals surface area contributed by atoms with E-state index in [0.717, 1.165) is 16.5 Å². The van der Waals surface area contributed by atoms with Crippen LogP contribution < -0.4 is 16.0 Å². The van der Waals surface area contributed by atoms with Gasteiger partial charge in [-0.25, -0.2) is 4.79 Å². The summed E-state index contributed by atoms with van der Waals surface area (Å²) < 4.78 is 0. The van der Waals surface area contributed by atoms with Crippen molar-refractivity contribution in [3.05, 3.63) is 72.8 Å². The number of urea groups is 1. The van der Waals surface area contributed by atoms with Crippen molar-refractivity contribution in [1.29, 1.82) is 0 Å². The number of benzene rings is 3. The van der Waals surface area contributed by atoms with Crippen LogP contribution in [0.2, 0.25) is 0 Å². The molecule has 0 saturated carbocycles. The molecule has 3 amide bonds. The van der Waals surface area contributed by atoms with Crippen LogP contribution in [0.3, 0.4) is 0 Å². The van der Waals surface area contributed by atoms with Gasteiger partial charge in [0.05, 0.1) is 6.54 Å². The molecule has 3 rings (SSSR count). The van der Waals surface area contributed by atoms with Crippen LogP contribution in [0.4, 0.5) is 16.2 Å². The van der Waals surface area contributed by atoms with Crippen LogP contribution >= 0.6 is 0 Å². The van der Waals surface area contributed by atoms with Gasteiger partial charge in [0.2, 0.25) is 5.91 Å². The van der Waals surface area contributed by atoms with Gasteiger partial charge in [-0.3, -0.25) is 10.1 Å². The van der Waals surface area contributed by atoms with Gasteiger partial charge in [0.1, 0.15) is 0 Å². The number of anilines is 2. The quantitative estimate of drug-likeness (QED) is 0.688. The molecule has 0 radical (unpaired) electrons. The Morgan fingerprint density at radius 1 is 0.792 bits per heavy atom. The predicted molar refractivity (Wildman–Crippen MR) is 96.0 cm³/mol. The zero-order valence-electron chi connectivity index (χ0n) is 13.0. The highest BCUT2D eigenvalue weighted by atomic mass is 16.2. The minimum atomic E-state index is -0.550. The molecule has 120 valence electrons. The lowest BCUT2D eigenvalue weighted by Gasteiger charge is -2.10. The summed E-state index contributed by atoms with van der Waals surface area (Å²) >= 11 is 0. The van der Waals surface area contributed by atoms with Crippen LogP contribution in [-0.2, 0) is 4.79 Å². The van der Waals surface area contributed by atoms with E-state index in [-0.39, 0.29) is 6.54 Å². The summed E-state index contributed by atoms with van der Waals surface area (Å²) in [5.41, 5.74) is 1.48. The minimum Gasteiger partial charge on any atom is -0.376 e. The molecule has 0 spiro atoms. The fourth-order valence-electron chi connectivity index (χ4n) is 2.41. The molecule has 0 aliphatic rings. The Hall–Kier alpha value is -3.34. The molecular formula is C19H17N3O2. The third kappa shape index (κ3) is 3.89. The number of para-hydroxylation sites is 1. The Morgan fingerprint density at radius 3 is 2.33 bits per heavy atom. The molecule has 3 aromatic carbocycles. The number of hydrogen-bond acceptors (Lipinski definition) is 3. The molecular weight excluding hydrogens is 302 g/mol. The number of carbonyl (C=O) groups is 2. The molecule has 0 aliphatic carbocycles. The van der Waals surface area contributed by atoms with E-state index in [4.69, 9.17) is 0 Å². The van der Waals surface area contributed by atoms with Crippen LogP contribution in [0.25, 0.3) is 10.8 Å². The third-order valence-corrected chi connectivity index (χ3v) is 3.51. The van der Waals surface area contributed by atoms with Crippen LogP contribution in [-0.4, -0.2) is 18.5 Å². The standard InChI is InChI=1S/C19H17N3O2/c23-18(22-19(24)21-15-9-2-1-3-10-15)13-20-17-12-6-8-14-7-4-5-11-16(14)17/h1-12,20H,13H2,(H2,21,22,23,24).